The van der Waals surface area contributed by atoms with Crippen LogP contribution in [0.1, 0.15) is 16.1 Å². The Kier molecular flexibility index (Phi) is 3.80. The molecule has 0 saturated carbocycles. The van der Waals surface area contributed by atoms with Gasteiger partial charge in [-0.3, -0.25) is 9.48 Å². The predicted octanol–water partition coefficient (Wildman–Crippen LogP) is 1.53. The van der Waals surface area contributed by atoms with Gasteiger partial charge >= 0.3 is 0 Å². The van der Waals surface area contributed by atoms with Crippen molar-refractivity contribution in [3.8, 4) is 0 Å². The molecule has 1 amide bonds. The van der Waals surface area contributed by atoms with Gasteiger partial charge in [-0.15, -0.1) is 0 Å². The summed E-state index contributed by atoms with van der Waals surface area (Å²) in [5.41, 5.74) is 1.58. The summed E-state index contributed by atoms with van der Waals surface area (Å²) in [5.74, 6) is -1.82. The number of aryl methyl sites for hydroxylation is 2. The second kappa shape index (κ2) is 5.68. The van der Waals surface area contributed by atoms with E-state index in [0.717, 1.165) is 12.1 Å². The maximum Gasteiger partial charge on any atom is 0.267 e. The van der Waals surface area contributed by atoms with E-state index < -0.39 is 26.6 Å². The van der Waals surface area contributed by atoms with E-state index in [1.807, 2.05) is 4.72 Å². The van der Waals surface area contributed by atoms with Crippen molar-refractivity contribution in [1.82, 2.24) is 19.5 Å². The van der Waals surface area contributed by atoms with Gasteiger partial charge in [0.15, 0.2) is 0 Å². The normalized spacial score (nSPS) is 11.6. The largest absolute Gasteiger partial charge is 0.268 e. The third-order valence-corrected chi connectivity index (χ3v) is 4.89. The van der Waals surface area contributed by atoms with Crippen LogP contribution in [-0.4, -0.2) is 29.1 Å². The molecule has 1 aromatic carbocycles. The fourth-order valence-corrected chi connectivity index (χ4v) is 3.34. The van der Waals surface area contributed by atoms with Gasteiger partial charge in [-0.1, -0.05) is 12.1 Å². The molecule has 0 saturated heterocycles. The molecule has 0 fully saturated rings. The molecule has 0 aliphatic rings. The smallest absolute Gasteiger partial charge is 0.267 e. The standard InChI is InChI=1S/C15H13FN4O3S/c1-9-10(7-13-12(18-9)8-17-20(13)2)15(21)19-24(22,23)14-6-4-3-5-11(14)16/h3-8H,1-2H3,(H,19,21). The highest BCUT2D eigenvalue weighted by Gasteiger charge is 2.23. The molecule has 3 rings (SSSR count). The van der Waals surface area contributed by atoms with Crippen molar-refractivity contribution >= 4 is 27.0 Å². The number of fused-ring (bicyclic) bond motifs is 1. The van der Waals surface area contributed by atoms with Gasteiger partial charge < -0.3 is 0 Å². The SMILES string of the molecule is Cc1nc2cnn(C)c2cc1C(=O)NS(=O)(=O)c1ccccc1F. The van der Waals surface area contributed by atoms with Crippen molar-refractivity contribution in [1.29, 1.82) is 0 Å². The van der Waals surface area contributed by atoms with Crippen LogP contribution in [0.5, 0.6) is 0 Å². The summed E-state index contributed by atoms with van der Waals surface area (Å²) in [6.45, 7) is 1.58. The average Bonchev–Trinajstić information content (AvgIpc) is 2.86. The highest BCUT2D eigenvalue weighted by Crippen LogP contribution is 2.18. The molecule has 9 heteroatoms. The van der Waals surface area contributed by atoms with E-state index in [0.29, 0.717) is 16.7 Å². The van der Waals surface area contributed by atoms with E-state index >= 15 is 0 Å². The zero-order valence-electron chi connectivity index (χ0n) is 12.8. The highest BCUT2D eigenvalue weighted by molar-refractivity contribution is 7.90. The Labute approximate surface area is 137 Å². The number of carbonyl (C=O) groups is 1. The molecule has 0 atom stereocenters. The zero-order chi connectivity index (χ0) is 17.5. The number of hydrogen-bond donors (Lipinski definition) is 1. The molecular weight excluding hydrogens is 335 g/mol. The molecule has 2 heterocycles. The van der Waals surface area contributed by atoms with Crippen molar-refractivity contribution in [3.63, 3.8) is 0 Å². The minimum Gasteiger partial charge on any atom is -0.268 e. The minimum absolute atomic E-state index is 0.0750. The molecule has 0 bridgehead atoms. The molecule has 124 valence electrons. The lowest BCUT2D eigenvalue weighted by atomic mass is 10.2. The van der Waals surface area contributed by atoms with Crippen molar-refractivity contribution in [2.75, 3.05) is 0 Å². The Balaban J connectivity index is 1.99. The van der Waals surface area contributed by atoms with Gasteiger partial charge in [0, 0.05) is 7.05 Å². The molecule has 1 N–H and O–H groups in total. The molecular formula is C15H13FN4O3S. The highest BCUT2D eigenvalue weighted by atomic mass is 32.2. The number of sulfonamides is 1. The number of halogens is 1. The maximum atomic E-state index is 13.7. The van der Waals surface area contributed by atoms with Gasteiger partial charge in [-0.2, -0.15) is 5.10 Å². The van der Waals surface area contributed by atoms with Crippen molar-refractivity contribution in [2.24, 2.45) is 7.05 Å². The fraction of sp³-hybridized carbons (Fsp3) is 0.133. The number of hydrogen-bond acceptors (Lipinski definition) is 5. The van der Waals surface area contributed by atoms with Crippen LogP contribution in [0.25, 0.3) is 11.0 Å². The monoisotopic (exact) mass is 348 g/mol. The molecule has 7 nitrogen and oxygen atoms in total. The van der Waals surface area contributed by atoms with Crippen molar-refractivity contribution < 1.29 is 17.6 Å². The Morgan fingerprint density at radius 3 is 2.71 bits per heavy atom. The number of nitrogens with zero attached hydrogens (tertiary/aromatic N) is 3. The quantitative estimate of drug-likeness (QED) is 0.775. The minimum atomic E-state index is -4.33. The van der Waals surface area contributed by atoms with Crippen molar-refractivity contribution in [2.45, 2.75) is 11.8 Å². The third kappa shape index (κ3) is 2.73. The topological polar surface area (TPSA) is 93.9 Å². The van der Waals surface area contributed by atoms with Gasteiger partial charge in [-0.25, -0.2) is 22.5 Å². The Morgan fingerprint density at radius 1 is 1.29 bits per heavy atom. The average molecular weight is 348 g/mol. The summed E-state index contributed by atoms with van der Waals surface area (Å²) in [6, 6.07) is 6.32. The van der Waals surface area contributed by atoms with Gasteiger partial charge in [0.1, 0.15) is 16.2 Å². The first kappa shape index (κ1) is 16.1. The van der Waals surface area contributed by atoms with Gasteiger partial charge in [0.2, 0.25) is 0 Å². The molecule has 0 aliphatic carbocycles. The molecule has 0 aliphatic heterocycles. The molecule has 2 aromatic heterocycles. The lowest BCUT2D eigenvalue weighted by molar-refractivity contribution is 0.0980. The maximum absolute atomic E-state index is 13.7. The predicted molar refractivity (Wildman–Crippen MR) is 84.3 cm³/mol. The Morgan fingerprint density at radius 2 is 2.00 bits per heavy atom. The van der Waals surface area contributed by atoms with Crippen molar-refractivity contribution in [3.05, 3.63) is 53.6 Å². The summed E-state index contributed by atoms with van der Waals surface area (Å²) in [7, 11) is -2.65. The van der Waals surface area contributed by atoms with Crippen LogP contribution in [-0.2, 0) is 17.1 Å². The first-order valence-corrected chi connectivity index (χ1v) is 8.39. The first-order valence-electron chi connectivity index (χ1n) is 6.90. The Bertz CT molecular complexity index is 1060. The zero-order valence-corrected chi connectivity index (χ0v) is 13.6. The molecule has 24 heavy (non-hydrogen) atoms. The van der Waals surface area contributed by atoms with E-state index in [2.05, 4.69) is 10.1 Å². The lowest BCUT2D eigenvalue weighted by Crippen LogP contribution is -2.31. The van der Waals surface area contributed by atoms with Crippen LogP contribution in [0.15, 0.2) is 41.4 Å². The van der Waals surface area contributed by atoms with Crippen LogP contribution >= 0.6 is 0 Å². The van der Waals surface area contributed by atoms with Crippen LogP contribution in [0, 0.1) is 12.7 Å². The number of amides is 1. The Hall–Kier alpha value is -2.81. The molecule has 3 aromatic rings. The number of pyridine rings is 1. The summed E-state index contributed by atoms with van der Waals surface area (Å²) < 4.78 is 41.5. The fourth-order valence-electron chi connectivity index (χ4n) is 2.30. The van der Waals surface area contributed by atoms with Crippen LogP contribution in [0.3, 0.4) is 0 Å². The van der Waals surface area contributed by atoms with Gasteiger partial charge in [0.25, 0.3) is 15.9 Å². The van der Waals surface area contributed by atoms with E-state index in [1.54, 1.807) is 20.2 Å². The summed E-state index contributed by atoms with van der Waals surface area (Å²) >= 11 is 0. The second-order valence-electron chi connectivity index (χ2n) is 5.16. The van der Waals surface area contributed by atoms with E-state index in [1.165, 1.54) is 22.9 Å². The number of benzene rings is 1. The number of carbonyl (C=O) groups excluding carboxylic acids is 1. The molecule has 0 radical (unpaired) electrons. The van der Waals surface area contributed by atoms with Crippen LogP contribution in [0.2, 0.25) is 0 Å². The van der Waals surface area contributed by atoms with Gasteiger partial charge in [-0.05, 0) is 25.1 Å². The van der Waals surface area contributed by atoms with Crippen LogP contribution < -0.4 is 4.72 Å². The lowest BCUT2D eigenvalue weighted by Gasteiger charge is -2.09. The van der Waals surface area contributed by atoms with E-state index in [-0.39, 0.29) is 5.56 Å². The number of nitrogens with one attached hydrogen (secondary N) is 1. The summed E-state index contributed by atoms with van der Waals surface area (Å²) in [4.78, 5) is 16.0. The van der Waals surface area contributed by atoms with Crippen LogP contribution in [0.4, 0.5) is 4.39 Å². The van der Waals surface area contributed by atoms with Gasteiger partial charge in [0.05, 0.1) is 23.0 Å². The number of rotatable bonds is 3. The first-order chi connectivity index (χ1) is 11.3. The molecule has 0 unspecified atom stereocenters. The number of aromatic nitrogens is 3. The summed E-state index contributed by atoms with van der Waals surface area (Å²) in [5, 5.41) is 4.03. The second-order valence-corrected chi connectivity index (χ2v) is 6.81. The van der Waals surface area contributed by atoms with E-state index in [9.17, 15) is 17.6 Å². The third-order valence-electron chi connectivity index (χ3n) is 3.52. The van der Waals surface area contributed by atoms with E-state index in [4.69, 9.17) is 0 Å². The summed E-state index contributed by atoms with van der Waals surface area (Å²) in [6.07, 6.45) is 1.54. The molecule has 0 spiro atoms.